The second-order valence-electron chi connectivity index (χ2n) is 4.64. The van der Waals surface area contributed by atoms with Crippen molar-refractivity contribution in [2.45, 2.75) is 20.0 Å². The Morgan fingerprint density at radius 3 is 2.62 bits per heavy atom. The zero-order valence-corrected chi connectivity index (χ0v) is 12.0. The average Bonchev–Trinajstić information content (AvgIpc) is 2.52. The van der Waals surface area contributed by atoms with Crippen molar-refractivity contribution in [2.24, 2.45) is 0 Å². The molecule has 0 aliphatic carbocycles. The summed E-state index contributed by atoms with van der Waals surface area (Å²) in [6, 6.07) is 14.7. The van der Waals surface area contributed by atoms with Gasteiger partial charge in [-0.2, -0.15) is 0 Å². The molecule has 0 aliphatic rings. The molecule has 0 heterocycles. The fourth-order valence-corrected chi connectivity index (χ4v) is 1.91. The van der Waals surface area contributed by atoms with Gasteiger partial charge in [-0.3, -0.25) is 0 Å². The first-order chi connectivity index (χ1) is 10.2. The highest BCUT2D eigenvalue weighted by atomic mass is 16.5. The molecular formula is C18H18O3. The first kappa shape index (κ1) is 14.9. The first-order valence-electron chi connectivity index (χ1n) is 6.91. The van der Waals surface area contributed by atoms with Crippen LogP contribution in [-0.4, -0.2) is 11.1 Å². The molecule has 108 valence electrons. The Balaban J connectivity index is 2.23. The van der Waals surface area contributed by atoms with Crippen LogP contribution >= 0.6 is 0 Å². The molecule has 0 saturated carbocycles. The molecule has 0 unspecified atom stereocenters. The van der Waals surface area contributed by atoms with Crippen molar-refractivity contribution in [3.8, 4) is 5.75 Å². The third kappa shape index (κ3) is 4.21. The predicted molar refractivity (Wildman–Crippen MR) is 83.5 cm³/mol. The SMILES string of the molecule is CCC=Cc1ccc(C(=O)O)cc1OCc1ccccc1. The summed E-state index contributed by atoms with van der Waals surface area (Å²) in [6.07, 6.45) is 4.88. The van der Waals surface area contributed by atoms with Gasteiger partial charge in [0.2, 0.25) is 0 Å². The molecule has 2 rings (SSSR count). The van der Waals surface area contributed by atoms with E-state index in [1.807, 2.05) is 49.4 Å². The van der Waals surface area contributed by atoms with Crippen molar-refractivity contribution in [2.75, 3.05) is 0 Å². The van der Waals surface area contributed by atoms with Crippen LogP contribution in [0.2, 0.25) is 0 Å². The fraction of sp³-hybridized carbons (Fsp3) is 0.167. The zero-order chi connectivity index (χ0) is 15.1. The van der Waals surface area contributed by atoms with Crippen molar-refractivity contribution in [1.29, 1.82) is 0 Å². The largest absolute Gasteiger partial charge is 0.488 e. The molecule has 0 spiro atoms. The van der Waals surface area contributed by atoms with Gasteiger partial charge in [0.25, 0.3) is 0 Å². The standard InChI is InChI=1S/C18H18O3/c1-2-3-9-15-10-11-16(18(19)20)12-17(15)21-13-14-7-5-4-6-8-14/h3-12H,2,13H2,1H3,(H,19,20). The molecule has 0 saturated heterocycles. The molecule has 2 aromatic rings. The number of aromatic carboxylic acids is 1. The lowest BCUT2D eigenvalue weighted by Crippen LogP contribution is -2.01. The topological polar surface area (TPSA) is 46.5 Å². The van der Waals surface area contributed by atoms with Gasteiger partial charge in [0.05, 0.1) is 5.56 Å². The number of carbonyl (C=O) groups is 1. The molecule has 0 aliphatic heterocycles. The van der Waals surface area contributed by atoms with Crippen LogP contribution in [0.15, 0.2) is 54.6 Å². The van der Waals surface area contributed by atoms with Gasteiger partial charge in [-0.25, -0.2) is 4.79 Å². The number of allylic oxidation sites excluding steroid dienone is 1. The van der Waals surface area contributed by atoms with Gasteiger partial charge in [0.15, 0.2) is 0 Å². The molecule has 0 radical (unpaired) electrons. The van der Waals surface area contributed by atoms with E-state index in [0.717, 1.165) is 17.5 Å². The number of ether oxygens (including phenoxy) is 1. The van der Waals surface area contributed by atoms with E-state index in [0.29, 0.717) is 12.4 Å². The van der Waals surface area contributed by atoms with Crippen LogP contribution in [0.25, 0.3) is 6.08 Å². The van der Waals surface area contributed by atoms with Crippen molar-refractivity contribution in [3.63, 3.8) is 0 Å². The second kappa shape index (κ2) is 7.29. The quantitative estimate of drug-likeness (QED) is 0.854. The lowest BCUT2D eigenvalue weighted by Gasteiger charge is -2.10. The van der Waals surface area contributed by atoms with E-state index in [2.05, 4.69) is 0 Å². The number of carboxylic acids is 1. The van der Waals surface area contributed by atoms with E-state index >= 15 is 0 Å². The summed E-state index contributed by atoms with van der Waals surface area (Å²) in [6.45, 7) is 2.46. The van der Waals surface area contributed by atoms with E-state index in [9.17, 15) is 4.79 Å². The van der Waals surface area contributed by atoms with Crippen LogP contribution in [0.4, 0.5) is 0 Å². The van der Waals surface area contributed by atoms with Crippen molar-refractivity contribution >= 4 is 12.0 Å². The van der Waals surface area contributed by atoms with Gasteiger partial charge in [-0.15, -0.1) is 0 Å². The number of rotatable bonds is 6. The van der Waals surface area contributed by atoms with E-state index in [-0.39, 0.29) is 5.56 Å². The van der Waals surface area contributed by atoms with Crippen LogP contribution in [0.5, 0.6) is 5.75 Å². The van der Waals surface area contributed by atoms with E-state index in [4.69, 9.17) is 9.84 Å². The van der Waals surface area contributed by atoms with Crippen LogP contribution in [-0.2, 0) is 6.61 Å². The summed E-state index contributed by atoms with van der Waals surface area (Å²) in [5.74, 6) is -0.367. The number of carboxylic acid groups (broad SMARTS) is 1. The minimum atomic E-state index is -0.953. The van der Waals surface area contributed by atoms with Gasteiger partial charge in [0, 0.05) is 5.56 Å². The predicted octanol–water partition coefficient (Wildman–Crippen LogP) is 4.39. The number of benzene rings is 2. The van der Waals surface area contributed by atoms with Crippen LogP contribution in [0.1, 0.15) is 34.8 Å². The summed E-state index contributed by atoms with van der Waals surface area (Å²) >= 11 is 0. The minimum Gasteiger partial charge on any atom is -0.488 e. The molecule has 0 aromatic heterocycles. The molecule has 0 amide bonds. The van der Waals surface area contributed by atoms with E-state index in [1.54, 1.807) is 18.2 Å². The Morgan fingerprint density at radius 1 is 1.19 bits per heavy atom. The molecule has 0 fully saturated rings. The van der Waals surface area contributed by atoms with Crippen LogP contribution in [0, 0.1) is 0 Å². The van der Waals surface area contributed by atoms with E-state index in [1.165, 1.54) is 0 Å². The van der Waals surface area contributed by atoms with Gasteiger partial charge >= 0.3 is 5.97 Å². The molecule has 1 N–H and O–H groups in total. The first-order valence-corrected chi connectivity index (χ1v) is 6.91. The third-order valence-electron chi connectivity index (χ3n) is 3.03. The lowest BCUT2D eigenvalue weighted by molar-refractivity contribution is 0.0696. The summed E-state index contributed by atoms with van der Waals surface area (Å²) in [4.78, 5) is 11.1. The highest BCUT2D eigenvalue weighted by molar-refractivity contribution is 5.88. The zero-order valence-electron chi connectivity index (χ0n) is 12.0. The molecule has 21 heavy (non-hydrogen) atoms. The monoisotopic (exact) mass is 282 g/mol. The number of hydrogen-bond acceptors (Lipinski definition) is 2. The average molecular weight is 282 g/mol. The third-order valence-corrected chi connectivity index (χ3v) is 3.03. The van der Waals surface area contributed by atoms with E-state index < -0.39 is 5.97 Å². The van der Waals surface area contributed by atoms with Crippen LogP contribution < -0.4 is 4.74 Å². The number of hydrogen-bond donors (Lipinski definition) is 1. The van der Waals surface area contributed by atoms with Gasteiger partial charge in [-0.1, -0.05) is 55.5 Å². The second-order valence-corrected chi connectivity index (χ2v) is 4.64. The molecule has 0 bridgehead atoms. The summed E-state index contributed by atoms with van der Waals surface area (Å²) in [5, 5.41) is 9.09. The fourth-order valence-electron chi connectivity index (χ4n) is 1.91. The van der Waals surface area contributed by atoms with Crippen molar-refractivity contribution < 1.29 is 14.6 Å². The molecule has 2 aromatic carbocycles. The Labute approximate surface area is 124 Å². The maximum absolute atomic E-state index is 11.1. The molecular weight excluding hydrogens is 264 g/mol. The summed E-state index contributed by atoms with van der Waals surface area (Å²) < 4.78 is 5.80. The summed E-state index contributed by atoms with van der Waals surface area (Å²) in [7, 11) is 0. The van der Waals surface area contributed by atoms with Gasteiger partial charge < -0.3 is 9.84 Å². The smallest absolute Gasteiger partial charge is 0.335 e. The van der Waals surface area contributed by atoms with Crippen molar-refractivity contribution in [3.05, 3.63) is 71.3 Å². The Hall–Kier alpha value is -2.55. The van der Waals surface area contributed by atoms with Gasteiger partial charge in [-0.05, 0) is 24.1 Å². The normalized spacial score (nSPS) is 10.7. The molecule has 3 nitrogen and oxygen atoms in total. The molecule has 0 atom stereocenters. The highest BCUT2D eigenvalue weighted by Gasteiger charge is 2.08. The molecule has 3 heteroatoms. The van der Waals surface area contributed by atoms with Crippen LogP contribution in [0.3, 0.4) is 0 Å². The Morgan fingerprint density at radius 2 is 1.95 bits per heavy atom. The van der Waals surface area contributed by atoms with Crippen molar-refractivity contribution in [1.82, 2.24) is 0 Å². The summed E-state index contributed by atoms with van der Waals surface area (Å²) in [5.41, 5.74) is 2.16. The maximum atomic E-state index is 11.1. The minimum absolute atomic E-state index is 0.228. The highest BCUT2D eigenvalue weighted by Crippen LogP contribution is 2.23. The Bertz CT molecular complexity index is 630. The maximum Gasteiger partial charge on any atom is 0.335 e. The Kier molecular flexibility index (Phi) is 5.16. The van der Waals surface area contributed by atoms with Gasteiger partial charge in [0.1, 0.15) is 12.4 Å². The lowest BCUT2D eigenvalue weighted by atomic mass is 10.1.